The van der Waals surface area contributed by atoms with Crippen molar-refractivity contribution in [3.05, 3.63) is 12.7 Å². The van der Waals surface area contributed by atoms with Crippen LogP contribution in [0.1, 0.15) is 27.2 Å². The van der Waals surface area contributed by atoms with E-state index in [4.69, 9.17) is 4.74 Å². The highest BCUT2D eigenvalue weighted by atomic mass is 16.6. The first-order chi connectivity index (χ1) is 5.92. The fourth-order valence-corrected chi connectivity index (χ4v) is 1.10. The zero-order valence-electron chi connectivity index (χ0n) is 8.46. The smallest absolute Gasteiger partial charge is 0.407 e. The molecule has 0 heterocycles. The first-order valence-corrected chi connectivity index (χ1v) is 4.54. The summed E-state index contributed by atoms with van der Waals surface area (Å²) in [5.41, 5.74) is -0.414. The van der Waals surface area contributed by atoms with Crippen molar-refractivity contribution in [2.24, 2.45) is 5.92 Å². The molecule has 1 unspecified atom stereocenters. The zero-order valence-corrected chi connectivity index (χ0v) is 8.46. The van der Waals surface area contributed by atoms with E-state index in [2.05, 4.69) is 11.9 Å². The average Bonchev–Trinajstić information content (AvgIpc) is 2.62. The summed E-state index contributed by atoms with van der Waals surface area (Å²) in [4.78, 5) is 11.2. The molecular weight excluding hydrogens is 166 g/mol. The van der Waals surface area contributed by atoms with Crippen LogP contribution in [-0.4, -0.2) is 17.7 Å². The highest BCUT2D eigenvalue weighted by molar-refractivity contribution is 5.68. The number of alkyl carbamates (subject to hydrolysis) is 1. The number of rotatable bonds is 2. The minimum Gasteiger partial charge on any atom is -0.444 e. The van der Waals surface area contributed by atoms with Crippen LogP contribution in [0.5, 0.6) is 0 Å². The lowest BCUT2D eigenvalue weighted by Crippen LogP contribution is -2.34. The Balaban J connectivity index is 2.23. The van der Waals surface area contributed by atoms with Crippen molar-refractivity contribution in [2.45, 2.75) is 38.8 Å². The van der Waals surface area contributed by atoms with E-state index in [1.54, 1.807) is 0 Å². The number of hydrogen-bond acceptors (Lipinski definition) is 2. The Labute approximate surface area is 79.2 Å². The van der Waals surface area contributed by atoms with E-state index in [0.29, 0.717) is 5.92 Å². The maximum Gasteiger partial charge on any atom is 0.407 e. The second-order valence-corrected chi connectivity index (χ2v) is 4.39. The van der Waals surface area contributed by atoms with Crippen LogP contribution in [0, 0.1) is 5.92 Å². The quantitative estimate of drug-likeness (QED) is 0.666. The Kier molecular flexibility index (Phi) is 2.64. The lowest BCUT2D eigenvalue weighted by Gasteiger charge is -2.19. The molecule has 0 saturated heterocycles. The summed E-state index contributed by atoms with van der Waals surface area (Å²) < 4.78 is 5.10. The van der Waals surface area contributed by atoms with Crippen molar-refractivity contribution in [1.82, 2.24) is 5.32 Å². The molecule has 1 fully saturated rings. The second-order valence-electron chi connectivity index (χ2n) is 4.39. The zero-order chi connectivity index (χ0) is 10.1. The summed E-state index contributed by atoms with van der Waals surface area (Å²) in [6.07, 6.45) is 2.52. The van der Waals surface area contributed by atoms with E-state index in [1.165, 1.54) is 0 Å². The molecule has 1 aliphatic rings. The number of carbonyl (C=O) groups is 1. The third kappa shape index (κ3) is 3.49. The van der Waals surface area contributed by atoms with Crippen LogP contribution in [0.2, 0.25) is 0 Å². The second kappa shape index (κ2) is 3.40. The molecule has 0 radical (unpaired) electrons. The normalized spacial score (nSPS) is 26.4. The van der Waals surface area contributed by atoms with Gasteiger partial charge in [-0.25, -0.2) is 4.79 Å². The van der Waals surface area contributed by atoms with Gasteiger partial charge in [-0.1, -0.05) is 6.08 Å². The Morgan fingerprint density at radius 1 is 1.62 bits per heavy atom. The summed E-state index contributed by atoms with van der Waals surface area (Å²) >= 11 is 0. The Morgan fingerprint density at radius 2 is 2.23 bits per heavy atom. The Hall–Kier alpha value is -0.990. The molecule has 0 spiro atoms. The van der Waals surface area contributed by atoms with Gasteiger partial charge in [0.2, 0.25) is 0 Å². The molecule has 13 heavy (non-hydrogen) atoms. The first-order valence-electron chi connectivity index (χ1n) is 4.54. The lowest BCUT2D eigenvalue weighted by molar-refractivity contribution is 0.0522. The van der Waals surface area contributed by atoms with Crippen molar-refractivity contribution in [2.75, 3.05) is 0 Å². The van der Waals surface area contributed by atoms with Gasteiger partial charge in [0.15, 0.2) is 0 Å². The van der Waals surface area contributed by atoms with E-state index in [1.807, 2.05) is 26.8 Å². The minimum atomic E-state index is -0.414. The molecule has 74 valence electrons. The van der Waals surface area contributed by atoms with Crippen LogP contribution in [0.3, 0.4) is 0 Å². The molecule has 3 nitrogen and oxygen atoms in total. The Morgan fingerprint density at radius 3 is 2.62 bits per heavy atom. The average molecular weight is 183 g/mol. The van der Waals surface area contributed by atoms with E-state index >= 15 is 0 Å². The number of nitrogens with one attached hydrogen (secondary N) is 1. The molecule has 0 aromatic rings. The van der Waals surface area contributed by atoms with Crippen molar-refractivity contribution in [1.29, 1.82) is 0 Å². The fraction of sp³-hybridized carbons (Fsp3) is 0.700. The largest absolute Gasteiger partial charge is 0.444 e. The summed E-state index contributed by atoms with van der Waals surface area (Å²) in [6.45, 7) is 9.22. The molecule has 1 aliphatic carbocycles. The molecule has 1 saturated carbocycles. The molecule has 0 aliphatic heterocycles. The van der Waals surface area contributed by atoms with Gasteiger partial charge in [0.1, 0.15) is 5.60 Å². The lowest BCUT2D eigenvalue weighted by atomic mass is 10.2. The molecule has 0 bridgehead atoms. The third-order valence-electron chi connectivity index (χ3n) is 1.84. The van der Waals surface area contributed by atoms with Crippen LogP contribution < -0.4 is 5.32 Å². The van der Waals surface area contributed by atoms with Crippen molar-refractivity contribution < 1.29 is 9.53 Å². The van der Waals surface area contributed by atoms with Gasteiger partial charge in [-0.3, -0.25) is 0 Å². The predicted molar refractivity (Wildman–Crippen MR) is 51.5 cm³/mol. The standard InChI is InChI=1S/C10H17NO2/c1-5-7-6-8(7)11-9(12)13-10(2,3)4/h5,7-8H,1,6H2,2-4H3,(H,11,12)/t7?,8-/m1/s1. The summed E-state index contributed by atoms with van der Waals surface area (Å²) in [5, 5.41) is 2.78. The van der Waals surface area contributed by atoms with Crippen molar-refractivity contribution in [3.8, 4) is 0 Å². The topological polar surface area (TPSA) is 38.3 Å². The van der Waals surface area contributed by atoms with Crippen LogP contribution >= 0.6 is 0 Å². The van der Waals surface area contributed by atoms with E-state index in [0.717, 1.165) is 6.42 Å². The van der Waals surface area contributed by atoms with E-state index < -0.39 is 5.60 Å². The molecule has 1 amide bonds. The predicted octanol–water partition coefficient (Wildman–Crippen LogP) is 2.09. The molecule has 1 N–H and O–H groups in total. The van der Waals surface area contributed by atoms with Crippen molar-refractivity contribution >= 4 is 6.09 Å². The molecular formula is C10H17NO2. The molecule has 0 aromatic carbocycles. The van der Waals surface area contributed by atoms with E-state index in [-0.39, 0.29) is 12.1 Å². The maximum atomic E-state index is 11.2. The molecule has 2 atom stereocenters. The van der Waals surface area contributed by atoms with Gasteiger partial charge in [0, 0.05) is 6.04 Å². The van der Waals surface area contributed by atoms with E-state index in [9.17, 15) is 4.79 Å². The monoisotopic (exact) mass is 183 g/mol. The number of hydrogen-bond donors (Lipinski definition) is 1. The van der Waals surface area contributed by atoms with Gasteiger partial charge in [0.25, 0.3) is 0 Å². The molecule has 3 heteroatoms. The van der Waals surface area contributed by atoms with Gasteiger partial charge in [0.05, 0.1) is 0 Å². The fourth-order valence-electron chi connectivity index (χ4n) is 1.10. The van der Waals surface area contributed by atoms with Crippen LogP contribution in [0.15, 0.2) is 12.7 Å². The first kappa shape index (κ1) is 10.1. The van der Waals surface area contributed by atoms with Crippen molar-refractivity contribution in [3.63, 3.8) is 0 Å². The molecule has 0 aromatic heterocycles. The summed E-state index contributed by atoms with van der Waals surface area (Å²) in [5.74, 6) is 0.438. The number of ether oxygens (including phenoxy) is 1. The molecule has 1 rings (SSSR count). The van der Waals surface area contributed by atoms with Crippen LogP contribution in [0.25, 0.3) is 0 Å². The van der Waals surface area contributed by atoms with Gasteiger partial charge >= 0.3 is 6.09 Å². The van der Waals surface area contributed by atoms with Gasteiger partial charge in [-0.2, -0.15) is 0 Å². The van der Waals surface area contributed by atoms with Gasteiger partial charge in [-0.15, -0.1) is 6.58 Å². The third-order valence-corrected chi connectivity index (χ3v) is 1.84. The highest BCUT2D eigenvalue weighted by Gasteiger charge is 2.36. The number of amides is 1. The summed E-state index contributed by atoms with van der Waals surface area (Å²) in [6, 6.07) is 0.243. The number of carbonyl (C=O) groups excluding carboxylic acids is 1. The van der Waals surface area contributed by atoms with Crippen LogP contribution in [0.4, 0.5) is 4.79 Å². The Bertz CT molecular complexity index is 217. The minimum absolute atomic E-state index is 0.243. The SMILES string of the molecule is C=CC1C[C@H]1NC(=O)OC(C)(C)C. The van der Waals surface area contributed by atoms with Gasteiger partial charge < -0.3 is 10.1 Å². The van der Waals surface area contributed by atoms with Crippen LogP contribution in [-0.2, 0) is 4.74 Å². The highest BCUT2D eigenvalue weighted by Crippen LogP contribution is 2.31. The maximum absolute atomic E-state index is 11.2. The summed E-state index contributed by atoms with van der Waals surface area (Å²) in [7, 11) is 0. The van der Waals surface area contributed by atoms with Gasteiger partial charge in [-0.05, 0) is 33.1 Å².